The minimum Gasteiger partial charge on any atom is -0.496 e. The van der Waals surface area contributed by atoms with Gasteiger partial charge in [-0.05, 0) is 24.6 Å². The highest BCUT2D eigenvalue weighted by Gasteiger charge is 2.10. The fourth-order valence-electron chi connectivity index (χ4n) is 2.22. The molecule has 1 N–H and O–H groups in total. The number of carbonyl (C=O) groups is 1. The first-order valence-electron chi connectivity index (χ1n) is 7.89. The average molecular weight is 358 g/mol. The number of nitrogens with zero attached hydrogens (tertiary/aromatic N) is 1. The van der Waals surface area contributed by atoms with Crippen molar-refractivity contribution in [1.82, 2.24) is 5.43 Å². The monoisotopic (exact) mass is 358 g/mol. The Bertz CT molecular complexity index is 789. The second-order valence-corrected chi connectivity index (χ2v) is 5.30. The minimum absolute atomic E-state index is 0.134. The summed E-state index contributed by atoms with van der Waals surface area (Å²) in [6, 6.07) is 10.9. The number of para-hydroxylation sites is 1. The summed E-state index contributed by atoms with van der Waals surface area (Å²) in [5.74, 6) is 1.90. The second-order valence-electron chi connectivity index (χ2n) is 5.30. The van der Waals surface area contributed by atoms with Gasteiger partial charge in [0.1, 0.15) is 11.5 Å². The molecule has 0 saturated heterocycles. The van der Waals surface area contributed by atoms with Crippen LogP contribution in [0.1, 0.15) is 11.1 Å². The highest BCUT2D eigenvalue weighted by Crippen LogP contribution is 2.33. The first-order chi connectivity index (χ1) is 12.6. The number of nitrogens with one attached hydrogen (secondary N) is 1. The number of rotatable bonds is 8. The predicted octanol–water partition coefficient (Wildman–Crippen LogP) is 2.55. The molecule has 0 aromatic heterocycles. The average Bonchev–Trinajstić information content (AvgIpc) is 2.66. The van der Waals surface area contributed by atoms with Crippen molar-refractivity contribution in [2.45, 2.75) is 6.92 Å². The molecule has 26 heavy (non-hydrogen) atoms. The fourth-order valence-corrected chi connectivity index (χ4v) is 2.22. The van der Waals surface area contributed by atoms with Crippen molar-refractivity contribution < 1.29 is 23.7 Å². The standard InChI is InChI=1S/C19H22N2O5/c1-13-7-5-6-8-15(13)26-12-19(22)21-20-11-14-9-17(24-3)18(25-4)10-16(14)23-2/h5-11H,12H2,1-4H3,(H,21,22). The van der Waals surface area contributed by atoms with E-state index < -0.39 is 0 Å². The molecule has 0 saturated carbocycles. The van der Waals surface area contributed by atoms with Gasteiger partial charge in [-0.3, -0.25) is 4.79 Å². The smallest absolute Gasteiger partial charge is 0.277 e. The van der Waals surface area contributed by atoms with Crippen LogP contribution in [0.25, 0.3) is 0 Å². The molecule has 0 aliphatic carbocycles. The summed E-state index contributed by atoms with van der Waals surface area (Å²) in [4.78, 5) is 11.9. The van der Waals surface area contributed by atoms with Gasteiger partial charge in [-0.1, -0.05) is 18.2 Å². The number of ether oxygens (including phenoxy) is 4. The number of amides is 1. The second kappa shape index (κ2) is 9.31. The van der Waals surface area contributed by atoms with Crippen molar-refractivity contribution in [3.05, 3.63) is 47.5 Å². The van der Waals surface area contributed by atoms with E-state index in [9.17, 15) is 4.79 Å². The van der Waals surface area contributed by atoms with Crippen LogP contribution in [0.2, 0.25) is 0 Å². The summed E-state index contributed by atoms with van der Waals surface area (Å²) in [6.45, 7) is 1.78. The van der Waals surface area contributed by atoms with Crippen LogP contribution in [0, 0.1) is 6.92 Å². The van der Waals surface area contributed by atoms with E-state index >= 15 is 0 Å². The van der Waals surface area contributed by atoms with Crippen molar-refractivity contribution in [2.24, 2.45) is 5.10 Å². The Morgan fingerprint density at radius 1 is 1.00 bits per heavy atom. The van der Waals surface area contributed by atoms with E-state index in [-0.39, 0.29) is 12.5 Å². The quantitative estimate of drug-likeness (QED) is 0.580. The third-order valence-electron chi connectivity index (χ3n) is 3.58. The normalized spacial score (nSPS) is 10.5. The Morgan fingerprint density at radius 2 is 1.65 bits per heavy atom. The summed E-state index contributed by atoms with van der Waals surface area (Å²) in [6.07, 6.45) is 1.46. The lowest BCUT2D eigenvalue weighted by molar-refractivity contribution is -0.123. The molecule has 2 aromatic rings. The van der Waals surface area contributed by atoms with Crippen molar-refractivity contribution in [2.75, 3.05) is 27.9 Å². The minimum atomic E-state index is -0.371. The number of methoxy groups -OCH3 is 3. The predicted molar refractivity (Wildman–Crippen MR) is 98.5 cm³/mol. The molecule has 2 aromatic carbocycles. The maximum atomic E-state index is 11.9. The van der Waals surface area contributed by atoms with Gasteiger partial charge in [-0.25, -0.2) is 5.43 Å². The van der Waals surface area contributed by atoms with Crippen molar-refractivity contribution in [1.29, 1.82) is 0 Å². The zero-order valence-corrected chi connectivity index (χ0v) is 15.2. The molecule has 7 nitrogen and oxygen atoms in total. The van der Waals surface area contributed by atoms with Crippen molar-refractivity contribution in [3.8, 4) is 23.0 Å². The summed E-state index contributed by atoms with van der Waals surface area (Å²) in [5, 5.41) is 3.93. The molecule has 2 rings (SSSR count). The highest BCUT2D eigenvalue weighted by atomic mass is 16.5. The molecule has 0 heterocycles. The molecule has 7 heteroatoms. The number of benzene rings is 2. The highest BCUT2D eigenvalue weighted by molar-refractivity contribution is 5.86. The van der Waals surface area contributed by atoms with Crippen molar-refractivity contribution >= 4 is 12.1 Å². The van der Waals surface area contributed by atoms with Gasteiger partial charge in [0.2, 0.25) is 0 Å². The molecular weight excluding hydrogens is 336 g/mol. The molecule has 138 valence electrons. The van der Waals surface area contributed by atoms with E-state index in [1.165, 1.54) is 20.4 Å². The van der Waals surface area contributed by atoms with E-state index in [1.807, 2.05) is 25.1 Å². The molecule has 0 aliphatic rings. The Balaban J connectivity index is 1.99. The van der Waals surface area contributed by atoms with Crippen LogP contribution in [-0.4, -0.2) is 40.1 Å². The Labute approximate surface area is 152 Å². The number of hydrogen-bond acceptors (Lipinski definition) is 6. The van der Waals surface area contributed by atoms with E-state index in [1.54, 1.807) is 25.3 Å². The van der Waals surface area contributed by atoms with Gasteiger partial charge in [0, 0.05) is 11.6 Å². The van der Waals surface area contributed by atoms with E-state index in [2.05, 4.69) is 10.5 Å². The summed E-state index contributed by atoms with van der Waals surface area (Å²) >= 11 is 0. The maximum Gasteiger partial charge on any atom is 0.277 e. The Hall–Kier alpha value is -3.22. The molecule has 0 radical (unpaired) electrons. The maximum absolute atomic E-state index is 11.9. The molecule has 0 aliphatic heterocycles. The molecule has 1 amide bonds. The van der Waals surface area contributed by atoms with Gasteiger partial charge >= 0.3 is 0 Å². The third-order valence-corrected chi connectivity index (χ3v) is 3.58. The molecule has 0 spiro atoms. The summed E-state index contributed by atoms with van der Waals surface area (Å²) < 4.78 is 21.2. The van der Waals surface area contributed by atoms with Gasteiger partial charge in [-0.2, -0.15) is 5.10 Å². The fraction of sp³-hybridized carbons (Fsp3) is 0.263. The van der Waals surface area contributed by atoms with Crippen LogP contribution in [0.3, 0.4) is 0 Å². The van der Waals surface area contributed by atoms with Crippen LogP contribution >= 0.6 is 0 Å². The Morgan fingerprint density at radius 3 is 2.31 bits per heavy atom. The number of hydrogen-bond donors (Lipinski definition) is 1. The number of aryl methyl sites for hydroxylation is 1. The molecule has 0 atom stereocenters. The van der Waals surface area contributed by atoms with Crippen LogP contribution in [0.15, 0.2) is 41.5 Å². The first-order valence-corrected chi connectivity index (χ1v) is 7.89. The van der Waals surface area contributed by atoms with E-state index in [4.69, 9.17) is 18.9 Å². The molecule has 0 bridgehead atoms. The molecular formula is C19H22N2O5. The van der Waals surface area contributed by atoms with Crippen LogP contribution in [0.4, 0.5) is 0 Å². The lowest BCUT2D eigenvalue weighted by Gasteiger charge is -2.11. The van der Waals surface area contributed by atoms with Crippen LogP contribution in [-0.2, 0) is 4.79 Å². The topological polar surface area (TPSA) is 78.4 Å². The van der Waals surface area contributed by atoms with Gasteiger partial charge in [0.25, 0.3) is 5.91 Å². The lowest BCUT2D eigenvalue weighted by Crippen LogP contribution is -2.24. The van der Waals surface area contributed by atoms with Crippen molar-refractivity contribution in [3.63, 3.8) is 0 Å². The van der Waals surface area contributed by atoms with Crippen LogP contribution in [0.5, 0.6) is 23.0 Å². The van der Waals surface area contributed by atoms with E-state index in [0.29, 0.717) is 28.6 Å². The number of carbonyl (C=O) groups excluding carboxylic acids is 1. The first kappa shape index (κ1) is 19.1. The zero-order valence-electron chi connectivity index (χ0n) is 15.2. The largest absolute Gasteiger partial charge is 0.496 e. The number of hydrazone groups is 1. The molecule has 0 unspecified atom stereocenters. The van der Waals surface area contributed by atoms with E-state index in [0.717, 1.165) is 5.56 Å². The van der Waals surface area contributed by atoms with Gasteiger partial charge in [-0.15, -0.1) is 0 Å². The van der Waals surface area contributed by atoms with Gasteiger partial charge in [0.15, 0.2) is 18.1 Å². The molecule has 0 fully saturated rings. The summed E-state index contributed by atoms with van der Waals surface area (Å²) in [5.41, 5.74) is 4.00. The zero-order chi connectivity index (χ0) is 18.9. The summed E-state index contributed by atoms with van der Waals surface area (Å²) in [7, 11) is 4.61. The van der Waals surface area contributed by atoms with Gasteiger partial charge in [0.05, 0.1) is 27.5 Å². The Kier molecular flexibility index (Phi) is 6.84. The van der Waals surface area contributed by atoms with Gasteiger partial charge < -0.3 is 18.9 Å². The SMILES string of the molecule is COc1cc(OC)c(OC)cc1C=NNC(=O)COc1ccccc1C. The third kappa shape index (κ3) is 4.89. The van der Waals surface area contributed by atoms with Crippen LogP contribution < -0.4 is 24.4 Å². The lowest BCUT2D eigenvalue weighted by atomic mass is 10.2.